The normalized spacial score (nSPS) is 9.76. The standard InChI is InChI=1S/C11H16N4O2/c1-15(2)10(16)6-14-9-5-7(12)3-4-8(9)11(13)17/h3-5,14H,6,12H2,1-2H3,(H2,13,17). The van der Waals surface area contributed by atoms with Crippen LogP contribution in [0.15, 0.2) is 18.2 Å². The maximum atomic E-state index is 11.4. The largest absolute Gasteiger partial charge is 0.399 e. The summed E-state index contributed by atoms with van der Waals surface area (Å²) in [4.78, 5) is 24.0. The molecule has 0 heterocycles. The fourth-order valence-electron chi connectivity index (χ4n) is 1.25. The average Bonchev–Trinajstić information content (AvgIpc) is 2.25. The van der Waals surface area contributed by atoms with Gasteiger partial charge in [-0.1, -0.05) is 0 Å². The Balaban J connectivity index is 2.86. The minimum atomic E-state index is -0.565. The molecule has 6 heteroatoms. The van der Waals surface area contributed by atoms with E-state index in [4.69, 9.17) is 11.5 Å². The molecule has 0 bridgehead atoms. The zero-order chi connectivity index (χ0) is 13.0. The van der Waals surface area contributed by atoms with Gasteiger partial charge in [-0.3, -0.25) is 9.59 Å². The average molecular weight is 236 g/mol. The molecule has 0 fully saturated rings. The van der Waals surface area contributed by atoms with Crippen LogP contribution in [0.4, 0.5) is 11.4 Å². The fourth-order valence-corrected chi connectivity index (χ4v) is 1.25. The lowest BCUT2D eigenvalue weighted by Gasteiger charge is -2.13. The molecule has 0 aliphatic carbocycles. The zero-order valence-electron chi connectivity index (χ0n) is 9.86. The van der Waals surface area contributed by atoms with Gasteiger partial charge in [-0.05, 0) is 18.2 Å². The zero-order valence-corrected chi connectivity index (χ0v) is 9.86. The number of primary amides is 1. The molecule has 0 aliphatic heterocycles. The van der Waals surface area contributed by atoms with Crippen molar-refractivity contribution in [3.63, 3.8) is 0 Å². The Morgan fingerprint density at radius 2 is 2.00 bits per heavy atom. The monoisotopic (exact) mass is 236 g/mol. The molecule has 17 heavy (non-hydrogen) atoms. The van der Waals surface area contributed by atoms with Gasteiger partial charge in [0.1, 0.15) is 0 Å². The Kier molecular flexibility index (Phi) is 3.92. The SMILES string of the molecule is CN(C)C(=O)CNc1cc(N)ccc1C(N)=O. The molecule has 0 saturated carbocycles. The highest BCUT2D eigenvalue weighted by Crippen LogP contribution is 2.18. The molecular weight excluding hydrogens is 220 g/mol. The number of nitrogens with zero attached hydrogens (tertiary/aromatic N) is 1. The lowest BCUT2D eigenvalue weighted by molar-refractivity contribution is -0.126. The first kappa shape index (κ1) is 12.8. The topological polar surface area (TPSA) is 101 Å². The van der Waals surface area contributed by atoms with E-state index in [9.17, 15) is 9.59 Å². The fraction of sp³-hybridized carbons (Fsp3) is 0.273. The van der Waals surface area contributed by atoms with Crippen LogP contribution >= 0.6 is 0 Å². The van der Waals surface area contributed by atoms with Gasteiger partial charge >= 0.3 is 0 Å². The van der Waals surface area contributed by atoms with E-state index in [0.717, 1.165) is 0 Å². The third kappa shape index (κ3) is 3.37. The minimum Gasteiger partial charge on any atom is -0.399 e. The third-order valence-corrected chi connectivity index (χ3v) is 2.24. The van der Waals surface area contributed by atoms with Crippen LogP contribution in [0.2, 0.25) is 0 Å². The quantitative estimate of drug-likeness (QED) is 0.634. The molecule has 5 N–H and O–H groups in total. The van der Waals surface area contributed by atoms with Gasteiger partial charge in [0.05, 0.1) is 12.1 Å². The lowest BCUT2D eigenvalue weighted by atomic mass is 10.1. The van der Waals surface area contributed by atoms with Crippen molar-refractivity contribution in [2.24, 2.45) is 5.73 Å². The van der Waals surface area contributed by atoms with Crippen LogP contribution in [0.1, 0.15) is 10.4 Å². The van der Waals surface area contributed by atoms with Crippen LogP contribution in [0.25, 0.3) is 0 Å². The van der Waals surface area contributed by atoms with E-state index in [1.165, 1.54) is 11.0 Å². The van der Waals surface area contributed by atoms with E-state index in [-0.39, 0.29) is 12.5 Å². The Morgan fingerprint density at radius 3 is 2.53 bits per heavy atom. The van der Waals surface area contributed by atoms with Crippen LogP contribution in [-0.4, -0.2) is 37.4 Å². The van der Waals surface area contributed by atoms with Crippen molar-refractivity contribution in [3.8, 4) is 0 Å². The summed E-state index contributed by atoms with van der Waals surface area (Å²) in [5.74, 6) is -0.673. The number of likely N-dealkylation sites (N-methyl/N-ethyl adjacent to an activating group) is 1. The first-order valence-electron chi connectivity index (χ1n) is 5.05. The smallest absolute Gasteiger partial charge is 0.250 e. The Labute approximate surface area is 99.6 Å². The number of rotatable bonds is 4. The second-order valence-corrected chi connectivity index (χ2v) is 3.81. The van der Waals surface area contributed by atoms with E-state index in [1.54, 1.807) is 26.2 Å². The lowest BCUT2D eigenvalue weighted by Crippen LogP contribution is -2.29. The van der Waals surface area contributed by atoms with Gasteiger partial charge in [-0.15, -0.1) is 0 Å². The van der Waals surface area contributed by atoms with Crippen LogP contribution in [0.5, 0.6) is 0 Å². The predicted octanol–water partition coefficient (Wildman–Crippen LogP) is -0.132. The second-order valence-electron chi connectivity index (χ2n) is 3.81. The number of nitrogens with two attached hydrogens (primary N) is 2. The maximum Gasteiger partial charge on any atom is 0.250 e. The Hall–Kier alpha value is -2.24. The number of benzene rings is 1. The molecular formula is C11H16N4O2. The van der Waals surface area contributed by atoms with E-state index >= 15 is 0 Å². The number of amides is 2. The number of anilines is 2. The van der Waals surface area contributed by atoms with Gasteiger partial charge < -0.3 is 21.7 Å². The van der Waals surface area contributed by atoms with E-state index in [1.807, 2.05) is 0 Å². The molecule has 6 nitrogen and oxygen atoms in total. The van der Waals surface area contributed by atoms with Crippen molar-refractivity contribution in [3.05, 3.63) is 23.8 Å². The number of carbonyl (C=O) groups excluding carboxylic acids is 2. The molecule has 1 aromatic carbocycles. The molecule has 2 amide bonds. The van der Waals surface area contributed by atoms with Crippen molar-refractivity contribution in [2.75, 3.05) is 31.7 Å². The molecule has 0 saturated heterocycles. The van der Waals surface area contributed by atoms with Crippen LogP contribution < -0.4 is 16.8 Å². The summed E-state index contributed by atoms with van der Waals surface area (Å²) in [6.07, 6.45) is 0. The highest BCUT2D eigenvalue weighted by atomic mass is 16.2. The first-order chi connectivity index (χ1) is 7.91. The Bertz CT molecular complexity index is 443. The van der Waals surface area contributed by atoms with Gasteiger partial charge in [-0.25, -0.2) is 0 Å². The minimum absolute atomic E-state index is 0.0801. The van der Waals surface area contributed by atoms with Crippen molar-refractivity contribution in [2.45, 2.75) is 0 Å². The van der Waals surface area contributed by atoms with E-state index in [2.05, 4.69) is 5.32 Å². The Morgan fingerprint density at radius 1 is 1.35 bits per heavy atom. The summed E-state index contributed by atoms with van der Waals surface area (Å²) < 4.78 is 0. The van der Waals surface area contributed by atoms with E-state index < -0.39 is 5.91 Å². The highest BCUT2D eigenvalue weighted by molar-refractivity contribution is 5.99. The molecule has 1 aromatic rings. The molecule has 0 atom stereocenters. The molecule has 0 aliphatic rings. The number of hydrogen-bond donors (Lipinski definition) is 3. The molecule has 0 unspecified atom stereocenters. The summed E-state index contributed by atoms with van der Waals surface area (Å²) in [6, 6.07) is 4.68. The summed E-state index contributed by atoms with van der Waals surface area (Å²) >= 11 is 0. The van der Waals surface area contributed by atoms with Crippen LogP contribution in [0, 0.1) is 0 Å². The number of carbonyl (C=O) groups is 2. The molecule has 1 rings (SSSR count). The molecule has 0 aromatic heterocycles. The third-order valence-electron chi connectivity index (χ3n) is 2.24. The van der Waals surface area contributed by atoms with Crippen molar-refractivity contribution in [1.82, 2.24) is 4.90 Å². The maximum absolute atomic E-state index is 11.4. The first-order valence-corrected chi connectivity index (χ1v) is 5.05. The van der Waals surface area contributed by atoms with Gasteiger partial charge in [0, 0.05) is 25.5 Å². The number of hydrogen-bond acceptors (Lipinski definition) is 4. The summed E-state index contributed by atoms with van der Waals surface area (Å²) in [7, 11) is 3.30. The molecule has 92 valence electrons. The summed E-state index contributed by atoms with van der Waals surface area (Å²) in [6.45, 7) is 0.0801. The van der Waals surface area contributed by atoms with E-state index in [0.29, 0.717) is 16.9 Å². The van der Waals surface area contributed by atoms with Crippen molar-refractivity contribution >= 4 is 23.2 Å². The second kappa shape index (κ2) is 5.20. The van der Waals surface area contributed by atoms with Crippen LogP contribution in [-0.2, 0) is 4.79 Å². The predicted molar refractivity (Wildman–Crippen MR) is 66.6 cm³/mol. The van der Waals surface area contributed by atoms with Crippen LogP contribution in [0.3, 0.4) is 0 Å². The number of nitrogens with one attached hydrogen (secondary N) is 1. The van der Waals surface area contributed by atoms with Crippen molar-refractivity contribution in [1.29, 1.82) is 0 Å². The highest BCUT2D eigenvalue weighted by Gasteiger charge is 2.10. The van der Waals surface area contributed by atoms with Gasteiger partial charge in [0.25, 0.3) is 5.91 Å². The van der Waals surface area contributed by atoms with Gasteiger partial charge in [0.15, 0.2) is 0 Å². The molecule has 0 radical (unpaired) electrons. The summed E-state index contributed by atoms with van der Waals surface area (Å²) in [5.41, 5.74) is 12.1. The van der Waals surface area contributed by atoms with Gasteiger partial charge in [-0.2, -0.15) is 0 Å². The summed E-state index contributed by atoms with van der Waals surface area (Å²) in [5, 5.41) is 2.84. The van der Waals surface area contributed by atoms with Crippen molar-refractivity contribution < 1.29 is 9.59 Å². The number of nitrogen functional groups attached to an aromatic ring is 1. The van der Waals surface area contributed by atoms with Gasteiger partial charge in [0.2, 0.25) is 5.91 Å². The molecule has 0 spiro atoms.